The number of fused-ring (bicyclic) bond motifs is 2. The largest absolute Gasteiger partial charge is 0.450 e. The summed E-state index contributed by atoms with van der Waals surface area (Å²) in [6.07, 6.45) is 0.796. The van der Waals surface area contributed by atoms with E-state index in [2.05, 4.69) is 4.90 Å². The van der Waals surface area contributed by atoms with Gasteiger partial charge in [-0.25, -0.2) is 0 Å². The van der Waals surface area contributed by atoms with Gasteiger partial charge in [-0.1, -0.05) is 35.9 Å². The minimum atomic E-state index is -0.508. The molecule has 0 N–H and O–H groups in total. The van der Waals surface area contributed by atoms with Gasteiger partial charge in [0, 0.05) is 31.2 Å². The van der Waals surface area contributed by atoms with Crippen molar-refractivity contribution in [1.82, 2.24) is 9.80 Å². The Hall–Kier alpha value is -2.67. The van der Waals surface area contributed by atoms with Crippen LogP contribution in [0.1, 0.15) is 34.1 Å². The summed E-state index contributed by atoms with van der Waals surface area (Å²) in [5.74, 6) is -0.107. The summed E-state index contributed by atoms with van der Waals surface area (Å²) in [5.41, 5.74) is 1.48. The Balaban J connectivity index is 1.53. The molecule has 3 aromatic rings. The molecule has 1 fully saturated rings. The molecule has 1 atom stereocenters. The molecule has 5 rings (SSSR count). The number of carbonyl (C=O) groups excluding carboxylic acids is 1. The van der Waals surface area contributed by atoms with Crippen LogP contribution >= 0.6 is 11.6 Å². The molecule has 0 saturated carbocycles. The van der Waals surface area contributed by atoms with Crippen molar-refractivity contribution in [2.75, 3.05) is 39.4 Å². The Bertz CT molecular complexity index is 1190. The van der Waals surface area contributed by atoms with Crippen LogP contribution in [0.2, 0.25) is 5.02 Å². The highest BCUT2D eigenvalue weighted by molar-refractivity contribution is 6.30. The third kappa shape index (κ3) is 3.76. The van der Waals surface area contributed by atoms with Gasteiger partial charge >= 0.3 is 0 Å². The first-order chi connectivity index (χ1) is 15.1. The van der Waals surface area contributed by atoms with Gasteiger partial charge in [-0.15, -0.1) is 0 Å². The van der Waals surface area contributed by atoms with Crippen LogP contribution in [0.25, 0.3) is 11.0 Å². The maximum Gasteiger partial charge on any atom is 0.290 e. The molecule has 6 nitrogen and oxygen atoms in total. The van der Waals surface area contributed by atoms with Crippen LogP contribution in [-0.2, 0) is 4.74 Å². The number of carbonyl (C=O) groups is 1. The molecule has 3 heterocycles. The predicted octanol–water partition coefficient (Wildman–Crippen LogP) is 3.71. The van der Waals surface area contributed by atoms with Crippen LogP contribution < -0.4 is 5.43 Å². The molecule has 1 aromatic heterocycles. The molecule has 2 aliphatic rings. The first-order valence-corrected chi connectivity index (χ1v) is 10.9. The van der Waals surface area contributed by atoms with Crippen molar-refractivity contribution in [2.45, 2.75) is 12.5 Å². The second kappa shape index (κ2) is 8.46. The lowest BCUT2D eigenvalue weighted by Crippen LogP contribution is -2.38. The fraction of sp³-hybridized carbons (Fsp3) is 0.333. The van der Waals surface area contributed by atoms with Crippen molar-refractivity contribution < 1.29 is 13.9 Å². The SMILES string of the molecule is O=C1c2oc3ccccc3c(=O)c2[C@@H](c2cccc(Cl)c2)N1CCCN1CCOCC1. The standard InChI is InChI=1S/C24H23ClN2O4/c25-17-6-3-5-16(15-17)21-20-22(28)18-7-1-2-8-19(18)31-23(20)24(29)27(21)10-4-9-26-11-13-30-14-12-26/h1-3,5-8,15,21H,4,9-14H2/t21-/m1/s1. The number of rotatable bonds is 5. The van der Waals surface area contributed by atoms with Gasteiger partial charge in [0.2, 0.25) is 5.76 Å². The quantitative estimate of drug-likeness (QED) is 0.607. The first-order valence-electron chi connectivity index (χ1n) is 10.6. The topological polar surface area (TPSA) is 63.0 Å². The summed E-state index contributed by atoms with van der Waals surface area (Å²) in [4.78, 5) is 30.9. The van der Waals surface area contributed by atoms with E-state index in [0.29, 0.717) is 28.1 Å². The van der Waals surface area contributed by atoms with E-state index in [1.165, 1.54) is 0 Å². The highest BCUT2D eigenvalue weighted by atomic mass is 35.5. The van der Waals surface area contributed by atoms with E-state index in [1.807, 2.05) is 18.2 Å². The van der Waals surface area contributed by atoms with Crippen molar-refractivity contribution in [3.63, 3.8) is 0 Å². The molecular formula is C24H23ClN2O4. The normalized spacial score (nSPS) is 19.2. The van der Waals surface area contributed by atoms with Crippen LogP contribution in [-0.4, -0.2) is 55.1 Å². The minimum Gasteiger partial charge on any atom is -0.450 e. The lowest BCUT2D eigenvalue weighted by atomic mass is 9.98. The summed E-state index contributed by atoms with van der Waals surface area (Å²) in [6.45, 7) is 4.67. The fourth-order valence-corrected chi connectivity index (χ4v) is 4.71. The van der Waals surface area contributed by atoms with Gasteiger partial charge in [-0.2, -0.15) is 0 Å². The fourth-order valence-electron chi connectivity index (χ4n) is 4.51. The summed E-state index contributed by atoms with van der Waals surface area (Å²) in [7, 11) is 0. The number of ether oxygens (including phenoxy) is 1. The smallest absolute Gasteiger partial charge is 0.290 e. The maximum atomic E-state index is 13.4. The Morgan fingerprint density at radius 3 is 2.61 bits per heavy atom. The molecule has 2 aliphatic heterocycles. The number of halogens is 1. The molecule has 2 aromatic carbocycles. The number of hydrogen-bond acceptors (Lipinski definition) is 5. The molecule has 1 amide bonds. The number of amides is 1. The van der Waals surface area contributed by atoms with Gasteiger partial charge in [-0.3, -0.25) is 14.5 Å². The molecular weight excluding hydrogens is 416 g/mol. The third-order valence-corrected chi connectivity index (χ3v) is 6.25. The zero-order valence-corrected chi connectivity index (χ0v) is 17.8. The number of nitrogens with zero attached hydrogens (tertiary/aromatic N) is 2. The number of hydrogen-bond donors (Lipinski definition) is 0. The second-order valence-corrected chi connectivity index (χ2v) is 8.37. The van der Waals surface area contributed by atoms with E-state index in [4.69, 9.17) is 20.8 Å². The van der Waals surface area contributed by atoms with Gasteiger partial charge in [-0.05, 0) is 36.2 Å². The molecule has 31 heavy (non-hydrogen) atoms. The highest BCUT2D eigenvalue weighted by Crippen LogP contribution is 2.38. The summed E-state index contributed by atoms with van der Waals surface area (Å²) in [5, 5.41) is 1.05. The van der Waals surface area contributed by atoms with E-state index in [0.717, 1.165) is 44.8 Å². The van der Waals surface area contributed by atoms with Gasteiger partial charge in [0.05, 0.1) is 30.2 Å². The number of para-hydroxylation sites is 1. The van der Waals surface area contributed by atoms with E-state index in [-0.39, 0.29) is 17.1 Å². The first kappa shape index (κ1) is 20.2. The third-order valence-electron chi connectivity index (χ3n) is 6.01. The summed E-state index contributed by atoms with van der Waals surface area (Å²) in [6, 6.07) is 13.9. The van der Waals surface area contributed by atoms with Crippen molar-refractivity contribution in [3.05, 3.63) is 80.7 Å². The lowest BCUT2D eigenvalue weighted by molar-refractivity contribution is 0.0353. The Labute approximate surface area is 185 Å². The van der Waals surface area contributed by atoms with E-state index in [1.54, 1.807) is 35.2 Å². The maximum absolute atomic E-state index is 13.4. The van der Waals surface area contributed by atoms with Crippen molar-refractivity contribution in [1.29, 1.82) is 0 Å². The van der Waals surface area contributed by atoms with E-state index < -0.39 is 6.04 Å². The van der Waals surface area contributed by atoms with Crippen molar-refractivity contribution in [2.24, 2.45) is 0 Å². The molecule has 0 spiro atoms. The zero-order valence-electron chi connectivity index (χ0n) is 17.1. The Morgan fingerprint density at radius 2 is 1.81 bits per heavy atom. The average Bonchev–Trinajstić information content (AvgIpc) is 3.07. The van der Waals surface area contributed by atoms with Crippen LogP contribution in [0.4, 0.5) is 0 Å². The van der Waals surface area contributed by atoms with Gasteiger partial charge in [0.1, 0.15) is 5.58 Å². The molecule has 7 heteroatoms. The van der Waals surface area contributed by atoms with Gasteiger partial charge in [0.15, 0.2) is 5.43 Å². The van der Waals surface area contributed by atoms with Crippen LogP contribution in [0, 0.1) is 0 Å². The second-order valence-electron chi connectivity index (χ2n) is 7.93. The molecule has 0 aliphatic carbocycles. The zero-order chi connectivity index (χ0) is 21.4. The number of morpholine rings is 1. The van der Waals surface area contributed by atoms with Gasteiger partial charge < -0.3 is 14.1 Å². The minimum absolute atomic E-state index is 0.139. The van der Waals surface area contributed by atoms with E-state index >= 15 is 0 Å². The lowest BCUT2D eigenvalue weighted by Gasteiger charge is -2.29. The summed E-state index contributed by atoms with van der Waals surface area (Å²) >= 11 is 6.25. The Kier molecular flexibility index (Phi) is 5.52. The van der Waals surface area contributed by atoms with Crippen LogP contribution in [0.15, 0.2) is 57.7 Å². The average molecular weight is 439 g/mol. The van der Waals surface area contributed by atoms with Crippen LogP contribution in [0.5, 0.6) is 0 Å². The highest BCUT2D eigenvalue weighted by Gasteiger charge is 2.42. The molecule has 0 radical (unpaired) electrons. The molecule has 1 saturated heterocycles. The van der Waals surface area contributed by atoms with E-state index in [9.17, 15) is 9.59 Å². The number of benzene rings is 2. The monoisotopic (exact) mass is 438 g/mol. The molecule has 0 bridgehead atoms. The van der Waals surface area contributed by atoms with Crippen molar-refractivity contribution in [3.8, 4) is 0 Å². The summed E-state index contributed by atoms with van der Waals surface area (Å²) < 4.78 is 11.4. The Morgan fingerprint density at radius 1 is 1.00 bits per heavy atom. The molecule has 160 valence electrons. The van der Waals surface area contributed by atoms with Crippen molar-refractivity contribution >= 4 is 28.5 Å². The predicted molar refractivity (Wildman–Crippen MR) is 119 cm³/mol. The molecule has 0 unspecified atom stereocenters. The van der Waals surface area contributed by atoms with Gasteiger partial charge in [0.25, 0.3) is 5.91 Å². The van der Waals surface area contributed by atoms with Crippen LogP contribution in [0.3, 0.4) is 0 Å².